The molecular formula is C19H19N3O3S. The van der Waals surface area contributed by atoms with Gasteiger partial charge >= 0.3 is 0 Å². The largest absolute Gasteiger partial charge is 0.493 e. The highest BCUT2D eigenvalue weighted by molar-refractivity contribution is 7.99. The lowest BCUT2D eigenvalue weighted by atomic mass is 10.2. The first-order valence-corrected chi connectivity index (χ1v) is 9.24. The van der Waals surface area contributed by atoms with E-state index in [1.54, 1.807) is 0 Å². The maximum atomic E-state index is 12.0. The molecule has 1 heterocycles. The average molecular weight is 369 g/mol. The normalized spacial score (nSPS) is 10.5. The van der Waals surface area contributed by atoms with Gasteiger partial charge in [-0.1, -0.05) is 54.2 Å². The number of aromatic nitrogens is 2. The zero-order valence-corrected chi connectivity index (χ0v) is 15.2. The van der Waals surface area contributed by atoms with E-state index in [4.69, 9.17) is 9.15 Å². The molecule has 2 aromatic carbocycles. The smallest absolute Gasteiger partial charge is 0.277 e. The molecule has 6 nitrogen and oxygen atoms in total. The van der Waals surface area contributed by atoms with Gasteiger partial charge in [0.2, 0.25) is 5.91 Å². The Kier molecular flexibility index (Phi) is 6.27. The maximum absolute atomic E-state index is 12.0. The third-order valence-corrected chi connectivity index (χ3v) is 4.30. The van der Waals surface area contributed by atoms with Gasteiger partial charge in [0, 0.05) is 6.54 Å². The Balaban J connectivity index is 1.55. The lowest BCUT2D eigenvalue weighted by molar-refractivity contribution is -0.118. The monoisotopic (exact) mass is 369 g/mol. The number of rotatable bonds is 8. The topological polar surface area (TPSA) is 77.2 Å². The minimum Gasteiger partial charge on any atom is -0.493 e. The summed E-state index contributed by atoms with van der Waals surface area (Å²) in [6, 6.07) is 17.2. The van der Waals surface area contributed by atoms with Gasteiger partial charge in [0.15, 0.2) is 0 Å². The van der Waals surface area contributed by atoms with Crippen LogP contribution in [0.2, 0.25) is 0 Å². The Labute approximate surface area is 156 Å². The van der Waals surface area contributed by atoms with Gasteiger partial charge in [-0.05, 0) is 24.6 Å². The second-order valence-electron chi connectivity index (χ2n) is 5.35. The maximum Gasteiger partial charge on any atom is 0.277 e. The molecule has 0 saturated carbocycles. The van der Waals surface area contributed by atoms with Crippen molar-refractivity contribution in [3.63, 3.8) is 0 Å². The summed E-state index contributed by atoms with van der Waals surface area (Å²) >= 11 is 1.21. The fourth-order valence-corrected chi connectivity index (χ4v) is 2.87. The Bertz CT molecular complexity index is 852. The number of ether oxygens (including phenoxy) is 1. The zero-order chi connectivity index (χ0) is 18.2. The summed E-state index contributed by atoms with van der Waals surface area (Å²) in [5, 5.41) is 11.3. The minimum atomic E-state index is -0.0895. The quantitative estimate of drug-likeness (QED) is 0.612. The van der Waals surface area contributed by atoms with Crippen LogP contribution in [0.15, 0.2) is 64.2 Å². The van der Waals surface area contributed by atoms with Gasteiger partial charge in [-0.15, -0.1) is 10.2 Å². The number of para-hydroxylation sites is 1. The van der Waals surface area contributed by atoms with Crippen molar-refractivity contribution in [2.75, 3.05) is 12.4 Å². The van der Waals surface area contributed by atoms with E-state index in [1.165, 1.54) is 11.8 Å². The molecule has 1 N–H and O–H groups in total. The zero-order valence-electron chi connectivity index (χ0n) is 14.3. The summed E-state index contributed by atoms with van der Waals surface area (Å²) in [5.74, 6) is 1.19. The summed E-state index contributed by atoms with van der Waals surface area (Å²) in [6.07, 6.45) is 0. The molecule has 0 radical (unpaired) electrons. The second-order valence-corrected chi connectivity index (χ2v) is 6.28. The first-order valence-electron chi connectivity index (χ1n) is 8.25. The first-order chi connectivity index (χ1) is 12.8. The molecule has 1 aromatic heterocycles. The fourth-order valence-electron chi connectivity index (χ4n) is 2.28. The number of nitrogens with zero attached hydrogens (tertiary/aromatic N) is 2. The number of thioether (sulfide) groups is 1. The van der Waals surface area contributed by atoms with Crippen LogP contribution in [0, 0.1) is 0 Å². The van der Waals surface area contributed by atoms with E-state index in [0.717, 1.165) is 11.1 Å². The van der Waals surface area contributed by atoms with E-state index >= 15 is 0 Å². The van der Waals surface area contributed by atoms with Gasteiger partial charge in [-0.25, -0.2) is 0 Å². The molecule has 3 rings (SSSR count). The van der Waals surface area contributed by atoms with E-state index in [-0.39, 0.29) is 11.7 Å². The standard InChI is InChI=1S/C19H19N3O3S/c1-2-24-16-11-7-6-10-15(16)18-21-22-19(25-18)26-13-17(23)20-12-14-8-4-3-5-9-14/h3-11H,2,12-13H2,1H3,(H,20,23). The Morgan fingerprint density at radius 3 is 2.69 bits per heavy atom. The number of carbonyl (C=O) groups excluding carboxylic acids is 1. The highest BCUT2D eigenvalue weighted by Gasteiger charge is 2.14. The molecule has 0 unspecified atom stereocenters. The van der Waals surface area contributed by atoms with Gasteiger partial charge in [-0.2, -0.15) is 0 Å². The number of nitrogens with one attached hydrogen (secondary N) is 1. The highest BCUT2D eigenvalue weighted by atomic mass is 32.2. The van der Waals surface area contributed by atoms with Gasteiger partial charge in [-0.3, -0.25) is 4.79 Å². The molecule has 7 heteroatoms. The molecule has 0 aliphatic heterocycles. The van der Waals surface area contributed by atoms with Crippen LogP contribution in [0.4, 0.5) is 0 Å². The van der Waals surface area contributed by atoms with Crippen molar-refractivity contribution in [2.24, 2.45) is 0 Å². The number of benzene rings is 2. The third kappa shape index (κ3) is 4.86. The van der Waals surface area contributed by atoms with Crippen LogP contribution >= 0.6 is 11.8 Å². The van der Waals surface area contributed by atoms with Gasteiger partial charge < -0.3 is 14.5 Å². The molecule has 134 valence electrons. The molecule has 0 aliphatic carbocycles. The predicted molar refractivity (Wildman–Crippen MR) is 99.9 cm³/mol. The average Bonchev–Trinajstić information content (AvgIpc) is 3.15. The molecule has 26 heavy (non-hydrogen) atoms. The van der Waals surface area contributed by atoms with E-state index in [1.807, 2.05) is 61.5 Å². The van der Waals surface area contributed by atoms with E-state index in [2.05, 4.69) is 15.5 Å². The van der Waals surface area contributed by atoms with E-state index in [0.29, 0.717) is 30.0 Å². The number of carbonyl (C=O) groups is 1. The lowest BCUT2D eigenvalue weighted by Gasteiger charge is -2.06. The molecule has 0 atom stereocenters. The molecule has 0 bridgehead atoms. The molecule has 3 aromatic rings. The van der Waals surface area contributed by atoms with Gasteiger partial charge in [0.25, 0.3) is 11.1 Å². The predicted octanol–water partition coefficient (Wildman–Crippen LogP) is 3.54. The molecular weight excluding hydrogens is 350 g/mol. The van der Waals surface area contributed by atoms with Crippen LogP contribution in [0.5, 0.6) is 5.75 Å². The first kappa shape index (κ1) is 18.0. The van der Waals surface area contributed by atoms with Crippen molar-refractivity contribution in [1.82, 2.24) is 15.5 Å². The van der Waals surface area contributed by atoms with E-state index in [9.17, 15) is 4.79 Å². The lowest BCUT2D eigenvalue weighted by Crippen LogP contribution is -2.24. The van der Waals surface area contributed by atoms with Gasteiger partial charge in [0.05, 0.1) is 17.9 Å². The van der Waals surface area contributed by atoms with Crippen molar-refractivity contribution in [2.45, 2.75) is 18.7 Å². The van der Waals surface area contributed by atoms with Crippen LogP contribution in [-0.2, 0) is 11.3 Å². The number of hydrogen-bond acceptors (Lipinski definition) is 6. The Hall–Kier alpha value is -2.80. The van der Waals surface area contributed by atoms with Crippen molar-refractivity contribution in [1.29, 1.82) is 0 Å². The summed E-state index contributed by atoms with van der Waals surface area (Å²) < 4.78 is 11.2. The molecule has 0 saturated heterocycles. The summed E-state index contributed by atoms with van der Waals surface area (Å²) in [7, 11) is 0. The Morgan fingerprint density at radius 1 is 1.12 bits per heavy atom. The summed E-state index contributed by atoms with van der Waals surface area (Å²) in [6.45, 7) is 2.96. The second kappa shape index (κ2) is 9.05. The van der Waals surface area contributed by atoms with Crippen LogP contribution in [0.3, 0.4) is 0 Å². The Morgan fingerprint density at radius 2 is 1.88 bits per heavy atom. The van der Waals surface area contributed by atoms with Crippen LogP contribution in [0.1, 0.15) is 12.5 Å². The molecule has 0 aliphatic rings. The molecule has 0 spiro atoms. The van der Waals surface area contributed by atoms with Crippen molar-refractivity contribution in [3.05, 3.63) is 60.2 Å². The fraction of sp³-hybridized carbons (Fsp3) is 0.211. The van der Waals surface area contributed by atoms with Gasteiger partial charge in [0.1, 0.15) is 5.75 Å². The third-order valence-electron chi connectivity index (χ3n) is 3.48. The van der Waals surface area contributed by atoms with E-state index < -0.39 is 0 Å². The SMILES string of the molecule is CCOc1ccccc1-c1nnc(SCC(=O)NCc2ccccc2)o1. The molecule has 1 amide bonds. The molecule has 0 fully saturated rings. The van der Waals surface area contributed by atoms with Crippen LogP contribution in [-0.4, -0.2) is 28.5 Å². The number of hydrogen-bond donors (Lipinski definition) is 1. The van der Waals surface area contributed by atoms with Crippen molar-refractivity contribution >= 4 is 17.7 Å². The summed E-state index contributed by atoms with van der Waals surface area (Å²) in [4.78, 5) is 12.0. The van der Waals surface area contributed by atoms with Crippen molar-refractivity contribution < 1.29 is 13.9 Å². The number of amides is 1. The van der Waals surface area contributed by atoms with Crippen LogP contribution in [0.25, 0.3) is 11.5 Å². The minimum absolute atomic E-state index is 0.0895. The van der Waals surface area contributed by atoms with Crippen LogP contribution < -0.4 is 10.1 Å². The van der Waals surface area contributed by atoms with Crippen molar-refractivity contribution in [3.8, 4) is 17.2 Å². The summed E-state index contributed by atoms with van der Waals surface area (Å²) in [5.41, 5.74) is 1.79. The highest BCUT2D eigenvalue weighted by Crippen LogP contribution is 2.30.